The molecule has 1 N–H and O–H groups in total. The van der Waals surface area contributed by atoms with E-state index in [1.807, 2.05) is 45.2 Å². The smallest absolute Gasteiger partial charge is 0.255 e. The molecular formula is C14H17NO2S. The molecule has 2 rings (SSSR count). The number of aryl methyl sites for hydroxylation is 2. The maximum Gasteiger partial charge on any atom is 0.255 e. The van der Waals surface area contributed by atoms with E-state index in [9.17, 15) is 4.79 Å². The summed E-state index contributed by atoms with van der Waals surface area (Å²) in [4.78, 5) is 13.4. The van der Waals surface area contributed by atoms with Crippen molar-refractivity contribution in [3.63, 3.8) is 0 Å². The number of nitrogens with one attached hydrogen (secondary N) is 1. The molecule has 0 bridgehead atoms. The SMILES string of the molecule is Cc1oc(C)c(C(=O)N[C@@H](C)c2cccs2)c1C. The standard InChI is InChI=1S/C14H17NO2S/c1-8-10(3)17-11(4)13(8)14(16)15-9(2)12-6-5-7-18-12/h5-7,9H,1-4H3,(H,15,16)/t9-/m0/s1. The largest absolute Gasteiger partial charge is 0.466 e. The van der Waals surface area contributed by atoms with Gasteiger partial charge in [-0.1, -0.05) is 6.07 Å². The number of amides is 1. The first-order valence-corrected chi connectivity index (χ1v) is 6.79. The monoisotopic (exact) mass is 263 g/mol. The molecule has 0 fully saturated rings. The maximum atomic E-state index is 12.2. The zero-order valence-corrected chi connectivity index (χ0v) is 11.9. The van der Waals surface area contributed by atoms with Gasteiger partial charge < -0.3 is 9.73 Å². The van der Waals surface area contributed by atoms with Crippen LogP contribution in [0.4, 0.5) is 0 Å². The summed E-state index contributed by atoms with van der Waals surface area (Å²) < 4.78 is 5.48. The van der Waals surface area contributed by atoms with Crippen LogP contribution in [0.3, 0.4) is 0 Å². The number of carbonyl (C=O) groups is 1. The van der Waals surface area contributed by atoms with Crippen LogP contribution in [0.2, 0.25) is 0 Å². The molecule has 1 atom stereocenters. The van der Waals surface area contributed by atoms with Gasteiger partial charge in [0.05, 0.1) is 11.6 Å². The summed E-state index contributed by atoms with van der Waals surface area (Å²) in [5.41, 5.74) is 1.58. The van der Waals surface area contributed by atoms with E-state index in [0.717, 1.165) is 16.2 Å². The number of hydrogen-bond acceptors (Lipinski definition) is 3. The van der Waals surface area contributed by atoms with E-state index in [2.05, 4.69) is 5.32 Å². The van der Waals surface area contributed by atoms with Crippen LogP contribution in [-0.2, 0) is 0 Å². The van der Waals surface area contributed by atoms with Crippen LogP contribution in [0.5, 0.6) is 0 Å². The number of rotatable bonds is 3. The lowest BCUT2D eigenvalue weighted by Crippen LogP contribution is -2.26. The van der Waals surface area contributed by atoms with Crippen LogP contribution in [0.1, 0.15) is 45.3 Å². The molecule has 0 aliphatic carbocycles. The molecule has 0 spiro atoms. The van der Waals surface area contributed by atoms with E-state index in [1.165, 1.54) is 0 Å². The molecule has 18 heavy (non-hydrogen) atoms. The van der Waals surface area contributed by atoms with Gasteiger partial charge in [0.25, 0.3) is 5.91 Å². The first-order chi connectivity index (χ1) is 8.50. The van der Waals surface area contributed by atoms with Crippen LogP contribution in [-0.4, -0.2) is 5.91 Å². The van der Waals surface area contributed by atoms with Gasteiger partial charge in [-0.25, -0.2) is 0 Å². The summed E-state index contributed by atoms with van der Waals surface area (Å²) in [6.45, 7) is 7.60. The molecule has 0 unspecified atom stereocenters. The fourth-order valence-corrected chi connectivity index (χ4v) is 2.74. The average Bonchev–Trinajstić information content (AvgIpc) is 2.88. The molecule has 3 nitrogen and oxygen atoms in total. The molecule has 0 radical (unpaired) electrons. The highest BCUT2D eigenvalue weighted by atomic mass is 32.1. The van der Waals surface area contributed by atoms with E-state index in [0.29, 0.717) is 11.3 Å². The highest BCUT2D eigenvalue weighted by Gasteiger charge is 2.20. The summed E-state index contributed by atoms with van der Waals surface area (Å²) in [5, 5.41) is 5.02. The first kappa shape index (κ1) is 12.9. The number of hydrogen-bond donors (Lipinski definition) is 1. The van der Waals surface area contributed by atoms with E-state index >= 15 is 0 Å². The van der Waals surface area contributed by atoms with Crippen molar-refractivity contribution in [2.75, 3.05) is 0 Å². The Morgan fingerprint density at radius 1 is 1.33 bits per heavy atom. The molecule has 2 aromatic rings. The quantitative estimate of drug-likeness (QED) is 0.916. The highest BCUT2D eigenvalue weighted by Crippen LogP contribution is 2.23. The predicted molar refractivity (Wildman–Crippen MR) is 73.1 cm³/mol. The van der Waals surface area contributed by atoms with Gasteiger partial charge in [0, 0.05) is 10.4 Å². The van der Waals surface area contributed by atoms with Gasteiger partial charge in [-0.2, -0.15) is 0 Å². The molecule has 96 valence electrons. The zero-order valence-electron chi connectivity index (χ0n) is 11.0. The summed E-state index contributed by atoms with van der Waals surface area (Å²) in [6.07, 6.45) is 0. The molecule has 0 saturated carbocycles. The molecule has 2 heterocycles. The Labute approximate surface area is 111 Å². The molecule has 4 heteroatoms. The Morgan fingerprint density at radius 2 is 2.06 bits per heavy atom. The molecule has 0 aliphatic rings. The van der Waals surface area contributed by atoms with Crippen molar-refractivity contribution in [1.29, 1.82) is 0 Å². The van der Waals surface area contributed by atoms with E-state index in [-0.39, 0.29) is 11.9 Å². The molecule has 0 saturated heterocycles. The van der Waals surface area contributed by atoms with Crippen molar-refractivity contribution < 1.29 is 9.21 Å². The Bertz CT molecular complexity index is 555. The molecule has 2 aromatic heterocycles. The average molecular weight is 263 g/mol. The minimum absolute atomic E-state index is 0.0199. The summed E-state index contributed by atoms with van der Waals surface area (Å²) >= 11 is 1.64. The van der Waals surface area contributed by atoms with Gasteiger partial charge >= 0.3 is 0 Å². The van der Waals surface area contributed by atoms with Gasteiger partial charge in [0.1, 0.15) is 11.5 Å². The van der Waals surface area contributed by atoms with Crippen molar-refractivity contribution in [1.82, 2.24) is 5.32 Å². The third kappa shape index (κ3) is 2.34. The van der Waals surface area contributed by atoms with Crippen LogP contribution in [0.15, 0.2) is 21.9 Å². The number of carbonyl (C=O) groups excluding carboxylic acids is 1. The Morgan fingerprint density at radius 3 is 2.56 bits per heavy atom. The third-order valence-electron chi connectivity index (χ3n) is 3.11. The van der Waals surface area contributed by atoms with Gasteiger partial charge in [0.15, 0.2) is 0 Å². The van der Waals surface area contributed by atoms with Crippen LogP contribution in [0, 0.1) is 20.8 Å². The van der Waals surface area contributed by atoms with Gasteiger partial charge in [-0.05, 0) is 39.1 Å². The predicted octanol–water partition coefficient (Wildman–Crippen LogP) is 3.76. The number of furan rings is 1. The Hall–Kier alpha value is -1.55. The Kier molecular flexibility index (Phi) is 3.57. The van der Waals surface area contributed by atoms with E-state index < -0.39 is 0 Å². The summed E-state index contributed by atoms with van der Waals surface area (Å²) in [6, 6.07) is 4.03. The first-order valence-electron chi connectivity index (χ1n) is 5.91. The second-order valence-electron chi connectivity index (χ2n) is 4.43. The third-order valence-corrected chi connectivity index (χ3v) is 4.16. The highest BCUT2D eigenvalue weighted by molar-refractivity contribution is 7.10. The lowest BCUT2D eigenvalue weighted by atomic mass is 10.1. The molecule has 1 amide bonds. The van der Waals surface area contributed by atoms with Crippen molar-refractivity contribution in [3.05, 3.63) is 45.0 Å². The lowest BCUT2D eigenvalue weighted by Gasteiger charge is -2.12. The van der Waals surface area contributed by atoms with Crippen molar-refractivity contribution in [3.8, 4) is 0 Å². The fourth-order valence-electron chi connectivity index (χ4n) is 2.01. The van der Waals surface area contributed by atoms with E-state index in [4.69, 9.17) is 4.42 Å². The van der Waals surface area contributed by atoms with Gasteiger partial charge in [-0.15, -0.1) is 11.3 Å². The topological polar surface area (TPSA) is 42.2 Å². The van der Waals surface area contributed by atoms with Crippen LogP contribution >= 0.6 is 11.3 Å². The van der Waals surface area contributed by atoms with Gasteiger partial charge in [-0.3, -0.25) is 4.79 Å². The van der Waals surface area contributed by atoms with Crippen molar-refractivity contribution in [2.24, 2.45) is 0 Å². The molecule has 0 aromatic carbocycles. The van der Waals surface area contributed by atoms with Crippen molar-refractivity contribution in [2.45, 2.75) is 33.7 Å². The maximum absolute atomic E-state index is 12.2. The Balaban J connectivity index is 2.17. The summed E-state index contributed by atoms with van der Waals surface area (Å²) in [5.74, 6) is 1.42. The van der Waals surface area contributed by atoms with E-state index in [1.54, 1.807) is 11.3 Å². The van der Waals surface area contributed by atoms with Crippen LogP contribution in [0.25, 0.3) is 0 Å². The van der Waals surface area contributed by atoms with Crippen molar-refractivity contribution >= 4 is 17.2 Å². The second-order valence-corrected chi connectivity index (χ2v) is 5.40. The lowest BCUT2D eigenvalue weighted by molar-refractivity contribution is 0.0938. The van der Waals surface area contributed by atoms with Crippen LogP contribution < -0.4 is 5.32 Å². The molecule has 0 aliphatic heterocycles. The fraction of sp³-hybridized carbons (Fsp3) is 0.357. The minimum atomic E-state index is -0.0669. The number of thiophene rings is 1. The zero-order chi connectivity index (χ0) is 13.3. The molecular weight excluding hydrogens is 246 g/mol. The van der Waals surface area contributed by atoms with Gasteiger partial charge in [0.2, 0.25) is 0 Å². The second kappa shape index (κ2) is 4.98. The normalized spacial score (nSPS) is 12.4. The summed E-state index contributed by atoms with van der Waals surface area (Å²) in [7, 11) is 0. The minimum Gasteiger partial charge on any atom is -0.466 e.